The van der Waals surface area contributed by atoms with Gasteiger partial charge in [0.15, 0.2) is 5.88 Å². The van der Waals surface area contributed by atoms with Crippen molar-refractivity contribution in [1.82, 2.24) is 24.9 Å². The highest BCUT2D eigenvalue weighted by molar-refractivity contribution is 6.31. The van der Waals surface area contributed by atoms with Gasteiger partial charge >= 0.3 is 11.9 Å². The molecule has 4 aliphatic rings. The molecule has 9 heterocycles. The van der Waals surface area contributed by atoms with Crippen LogP contribution in [0.25, 0.3) is 65.7 Å². The third kappa shape index (κ3) is 23.1. The van der Waals surface area contributed by atoms with Gasteiger partial charge in [0.1, 0.15) is 25.1 Å². The summed E-state index contributed by atoms with van der Waals surface area (Å²) in [5, 5.41) is 75.5. The molecule has 14 aromatic rings. The summed E-state index contributed by atoms with van der Waals surface area (Å²) in [6, 6.07) is 70.3. The molecule has 0 spiro atoms. The van der Waals surface area contributed by atoms with Crippen LogP contribution in [-0.2, 0) is 64.6 Å². The first-order valence-corrected chi connectivity index (χ1v) is 35.7. The quantitative estimate of drug-likeness (QED) is 0.0247. The van der Waals surface area contributed by atoms with Gasteiger partial charge in [-0.2, -0.15) is 0 Å². The van der Waals surface area contributed by atoms with Crippen molar-refractivity contribution in [2.45, 2.75) is 78.4 Å². The van der Waals surface area contributed by atoms with Crippen molar-refractivity contribution in [2.75, 3.05) is 22.6 Å². The topological polar surface area (TPSA) is 428 Å². The number of fused-ring (bicyclic) bond motifs is 9. The van der Waals surface area contributed by atoms with Crippen LogP contribution in [0.3, 0.4) is 0 Å². The van der Waals surface area contributed by atoms with Gasteiger partial charge in [0.05, 0.1) is 31.3 Å². The Morgan fingerprint density at radius 3 is 1.35 bits per heavy atom. The Kier molecular flexibility index (Phi) is 32.1. The third-order valence-corrected chi connectivity index (χ3v) is 18.0. The average Bonchev–Trinajstić information content (AvgIpc) is 1.67. The number of carboxylic acid groups (broad SMARTS) is 3. The lowest BCUT2D eigenvalue weighted by molar-refractivity contribution is -0.491. The number of aromatic nitrogens is 5. The van der Waals surface area contributed by atoms with E-state index in [2.05, 4.69) is 82.3 Å². The van der Waals surface area contributed by atoms with Crippen LogP contribution in [0, 0.1) is 16.9 Å². The van der Waals surface area contributed by atoms with Crippen LogP contribution >= 0.6 is 0 Å². The number of benzene rings is 9. The second-order valence-electron chi connectivity index (χ2n) is 25.4. The molecule has 9 aromatic carbocycles. The summed E-state index contributed by atoms with van der Waals surface area (Å²) in [4.78, 5) is 101. The molecule has 2 atom stereocenters. The van der Waals surface area contributed by atoms with Crippen LogP contribution in [0.15, 0.2) is 256 Å². The predicted octanol–water partition coefficient (Wildman–Crippen LogP) is 16.4. The maximum Gasteiger partial charge on any atom is 0.308 e. The molecule has 18 rings (SSSR count). The van der Waals surface area contributed by atoms with Gasteiger partial charge in [0, 0.05) is 158 Å². The number of aliphatic hydroxyl groups excluding tert-OH is 1. The summed E-state index contributed by atoms with van der Waals surface area (Å²) in [5.41, 5.74) is 19.6. The Morgan fingerprint density at radius 2 is 0.876 bits per heavy atom. The number of hydrogen-bond donors (Lipinski definition) is 16. The predicted molar refractivity (Wildman–Crippen MR) is 439 cm³/mol. The van der Waals surface area contributed by atoms with Crippen molar-refractivity contribution < 1.29 is 79.9 Å². The Labute approximate surface area is 648 Å². The highest BCUT2D eigenvalue weighted by Gasteiger charge is 2.30. The van der Waals surface area contributed by atoms with Gasteiger partial charge in [-0.1, -0.05) is 178 Å². The maximum atomic E-state index is 11.4. The standard InChI is InChI=1S/2C10H9NO2.2C10H11NO.3C9H9NO2.C9H7NO.C9H9N.C2H4O2.O2/c2*12-10(13)5-7-6-11-9-4-2-1-3-8(7)9;2*1-2-7-8-5-3-4-6-9(8)11-10(7)12;2*11-12-6-7-5-10-9-4-2-1-3-8(7)9;11-5-7-6-3-1-2-4-8(6)10-9(7)12;1-6-7-4-2-3-5-8(7)10-9(6)11;1-7-6-10-9-5-3-2-4-8(7)9;1-2(3)4;1-2/h2*1-4,6,11H,5H2,(H,12,13);3-6,11-12H,2H2,1H3;3-7H,2H2,1H3,(H,11,12);2*1-5,10-11H,6H2;1-4,7,11H,5H2,(H,10,12);2-5H,1H2,(H,10,11);2-6,10H,1H3;1H3,(H,3,4);/p+1. The number of quaternary nitrogens is 1. The molecule has 0 radical (unpaired) electrons. The molecule has 0 bridgehead atoms. The Balaban J connectivity index is 0.000000158. The summed E-state index contributed by atoms with van der Waals surface area (Å²) in [7, 11) is 0. The summed E-state index contributed by atoms with van der Waals surface area (Å²) in [5.74, 6) is -2.48. The number of aliphatic carboxylic acids is 3. The lowest BCUT2D eigenvalue weighted by Crippen LogP contribution is -2.69. The van der Waals surface area contributed by atoms with Gasteiger partial charge in [-0.15, -0.1) is 0 Å². The molecule has 26 nitrogen and oxygen atoms in total. The smallest absolute Gasteiger partial charge is 0.308 e. The minimum atomic E-state index is -0.833. The first-order chi connectivity index (χ1) is 54.7. The summed E-state index contributed by atoms with van der Waals surface area (Å²) in [6.07, 6.45) is 11.2. The number of carboxylic acids is 3. The molecule has 582 valence electrons. The van der Waals surface area contributed by atoms with E-state index >= 15 is 0 Å². The number of para-hydroxylation sites is 9. The van der Waals surface area contributed by atoms with Crippen LogP contribution in [0.2, 0.25) is 0 Å². The fourth-order valence-corrected chi connectivity index (χ4v) is 12.7. The number of carbonyl (C=O) groups excluding carboxylic acids is 3. The number of hydrogen-bond acceptors (Lipinski definition) is 14. The second kappa shape index (κ2) is 42.8. The molecular weight excluding hydrogens is 1440 g/mol. The van der Waals surface area contributed by atoms with Gasteiger partial charge in [-0.3, -0.25) is 44.6 Å². The summed E-state index contributed by atoms with van der Waals surface area (Å²) in [6.45, 7) is 11.3. The van der Waals surface area contributed by atoms with Crippen molar-refractivity contribution >= 4 is 124 Å². The number of carbonyl (C=O) groups is 6. The van der Waals surface area contributed by atoms with E-state index in [1.807, 2.05) is 244 Å². The number of rotatable bonds is 11. The van der Waals surface area contributed by atoms with E-state index in [0.29, 0.717) is 11.5 Å². The SMILES string of the molecule is C=C1C(=O)Nc2ccccc21.CC(=O)O.CCC1C(=O)Nc2ccccc21.CCc1c(O)[nH]c2ccccc12.Cc1c[nH]c2ccccc12.O=C(O)CC1=C[NH2+]c2ccccc21.O=C(O)Cc1c[nH]c2ccccc12.O=C1Nc2ccccc2C1CO.O=O.OOCc1c[nH]c2ccccc12.OOCc1c[nH]c2ccccc12. The number of aryl methyl sites for hydroxylation is 2. The molecule has 0 saturated heterocycles. The molecule has 2 unspecified atom stereocenters. The van der Waals surface area contributed by atoms with Crippen LogP contribution in [0.4, 0.5) is 22.7 Å². The number of aromatic amines is 5. The molecule has 0 saturated carbocycles. The first-order valence-electron chi connectivity index (χ1n) is 35.7. The van der Waals surface area contributed by atoms with Gasteiger partial charge in [-0.05, 0) is 96.6 Å². The molecule has 17 N–H and O–H groups in total. The van der Waals surface area contributed by atoms with E-state index in [-0.39, 0.29) is 62.2 Å². The lowest BCUT2D eigenvalue weighted by Gasteiger charge is -2.02. The summed E-state index contributed by atoms with van der Waals surface area (Å²) < 4.78 is 0. The van der Waals surface area contributed by atoms with Crippen LogP contribution < -0.4 is 21.3 Å². The number of anilines is 3. The lowest BCUT2D eigenvalue weighted by atomic mass is 9.98. The number of aromatic hydroxyl groups is 1. The van der Waals surface area contributed by atoms with Crippen LogP contribution in [-0.4, -0.2) is 103 Å². The largest absolute Gasteiger partial charge is 0.494 e. The average molecular weight is 1530 g/mol. The van der Waals surface area contributed by atoms with Crippen LogP contribution in [0.5, 0.6) is 5.88 Å². The molecule has 5 aromatic heterocycles. The normalized spacial score (nSPS) is 13.1. The molecule has 3 amide bonds. The molecular formula is C87H88N9O17+. The molecule has 0 aliphatic carbocycles. The van der Waals surface area contributed by atoms with Gasteiger partial charge < -0.3 is 66.4 Å². The second-order valence-corrected chi connectivity index (χ2v) is 25.4. The number of aliphatic hydroxyl groups is 1. The highest BCUT2D eigenvalue weighted by atomic mass is 17.1. The van der Waals surface area contributed by atoms with E-state index in [1.54, 1.807) is 6.20 Å². The number of nitrogens with one attached hydrogen (secondary N) is 8. The van der Waals surface area contributed by atoms with E-state index in [4.69, 9.17) is 45.7 Å². The fraction of sp³-hybridized carbons (Fsp3) is 0.149. The Hall–Kier alpha value is -13.9. The number of nitrogens with two attached hydrogens (primary N) is 1. The van der Waals surface area contributed by atoms with Crippen molar-refractivity contribution in [3.63, 3.8) is 0 Å². The van der Waals surface area contributed by atoms with Gasteiger partial charge in [0.25, 0.3) is 11.9 Å². The molecule has 0 fully saturated rings. The van der Waals surface area contributed by atoms with Gasteiger partial charge in [-0.25, -0.2) is 9.78 Å². The Bertz CT molecular complexity index is 5430. The van der Waals surface area contributed by atoms with E-state index < -0.39 is 17.9 Å². The van der Waals surface area contributed by atoms with Crippen LogP contribution in [0.1, 0.15) is 95.5 Å². The molecule has 113 heavy (non-hydrogen) atoms. The van der Waals surface area contributed by atoms with E-state index in [9.17, 15) is 29.1 Å². The minimum absolute atomic E-state index is 0.0706. The number of H-pyrrole nitrogens is 5. The monoisotopic (exact) mass is 1530 g/mol. The minimum Gasteiger partial charge on any atom is -0.494 e. The molecule has 26 heteroatoms. The zero-order valence-corrected chi connectivity index (χ0v) is 62.3. The van der Waals surface area contributed by atoms with E-state index in [1.165, 1.54) is 16.5 Å². The summed E-state index contributed by atoms with van der Waals surface area (Å²) >= 11 is 0. The zero-order chi connectivity index (χ0) is 81.3. The number of amides is 3. The Morgan fingerprint density at radius 1 is 0.478 bits per heavy atom. The van der Waals surface area contributed by atoms with Crippen molar-refractivity contribution in [3.8, 4) is 5.88 Å². The maximum absolute atomic E-state index is 11.4. The highest BCUT2D eigenvalue weighted by Crippen LogP contribution is 2.35. The van der Waals surface area contributed by atoms with Gasteiger partial charge in [0.2, 0.25) is 11.8 Å². The van der Waals surface area contributed by atoms with Crippen molar-refractivity contribution in [1.29, 1.82) is 0 Å². The van der Waals surface area contributed by atoms with Crippen molar-refractivity contribution in [2.24, 2.45) is 0 Å². The van der Waals surface area contributed by atoms with E-state index in [0.717, 1.165) is 136 Å². The molecule has 4 aliphatic heterocycles. The van der Waals surface area contributed by atoms with Crippen molar-refractivity contribution in [3.05, 3.63) is 316 Å². The zero-order valence-electron chi connectivity index (χ0n) is 62.3. The fourth-order valence-electron chi connectivity index (χ4n) is 12.7. The first kappa shape index (κ1) is 84.8. The third-order valence-electron chi connectivity index (χ3n) is 18.0.